The fourth-order valence-corrected chi connectivity index (χ4v) is 1.99. The largest absolute Gasteiger partial charge is 0.436 e. The van der Waals surface area contributed by atoms with Crippen LogP contribution >= 0.6 is 0 Å². The van der Waals surface area contributed by atoms with E-state index in [-0.39, 0.29) is 0 Å². The van der Waals surface area contributed by atoms with E-state index in [1.807, 2.05) is 49.4 Å². The van der Waals surface area contributed by atoms with Gasteiger partial charge in [0, 0.05) is 12.1 Å². The fraction of sp³-hybridized carbons (Fsp3) is 0.133. The van der Waals surface area contributed by atoms with Crippen LogP contribution < -0.4 is 5.73 Å². The molecule has 3 heteroatoms. The van der Waals surface area contributed by atoms with E-state index in [1.165, 1.54) is 0 Å². The predicted octanol–water partition coefficient (Wildman–Crippen LogP) is 3.26. The first-order valence-electron chi connectivity index (χ1n) is 5.93. The summed E-state index contributed by atoms with van der Waals surface area (Å²) in [6.07, 6.45) is 0. The molecule has 2 aromatic carbocycles. The number of benzene rings is 2. The van der Waals surface area contributed by atoms with Crippen LogP contribution in [0.25, 0.3) is 22.6 Å². The molecule has 0 unspecified atom stereocenters. The molecule has 3 aromatic rings. The first kappa shape index (κ1) is 11.0. The van der Waals surface area contributed by atoms with Gasteiger partial charge in [-0.3, -0.25) is 0 Å². The smallest absolute Gasteiger partial charge is 0.227 e. The van der Waals surface area contributed by atoms with Crippen LogP contribution in [0.2, 0.25) is 0 Å². The Morgan fingerprint density at radius 3 is 2.56 bits per heavy atom. The molecule has 1 heterocycles. The Balaban J connectivity index is 2.10. The lowest BCUT2D eigenvalue weighted by Crippen LogP contribution is -1.95. The zero-order chi connectivity index (χ0) is 12.5. The van der Waals surface area contributed by atoms with Gasteiger partial charge in [-0.1, -0.05) is 24.3 Å². The van der Waals surface area contributed by atoms with Crippen molar-refractivity contribution in [3.05, 3.63) is 53.6 Å². The summed E-state index contributed by atoms with van der Waals surface area (Å²) in [4.78, 5) is 4.50. The number of fused-ring (bicyclic) bond motifs is 1. The van der Waals surface area contributed by atoms with E-state index in [0.717, 1.165) is 27.8 Å². The van der Waals surface area contributed by atoms with Crippen molar-refractivity contribution in [2.45, 2.75) is 13.5 Å². The molecule has 0 saturated carbocycles. The quantitative estimate of drug-likeness (QED) is 0.745. The molecule has 0 aliphatic carbocycles. The van der Waals surface area contributed by atoms with Gasteiger partial charge < -0.3 is 10.2 Å². The number of nitrogens with zero attached hydrogens (tertiary/aromatic N) is 1. The highest BCUT2D eigenvalue weighted by molar-refractivity contribution is 5.79. The lowest BCUT2D eigenvalue weighted by Gasteiger charge is -1.97. The lowest BCUT2D eigenvalue weighted by molar-refractivity contribution is 0.617. The minimum absolute atomic E-state index is 0.549. The van der Waals surface area contributed by atoms with Gasteiger partial charge in [0.05, 0.1) is 0 Å². The van der Waals surface area contributed by atoms with Crippen LogP contribution in [0.5, 0.6) is 0 Å². The number of hydrogen-bond donors (Lipinski definition) is 1. The van der Waals surface area contributed by atoms with Crippen molar-refractivity contribution in [1.82, 2.24) is 4.98 Å². The average Bonchev–Trinajstić information content (AvgIpc) is 2.84. The Bertz CT molecular complexity index is 683. The van der Waals surface area contributed by atoms with Gasteiger partial charge in [0.1, 0.15) is 5.52 Å². The summed E-state index contributed by atoms with van der Waals surface area (Å²) in [5.74, 6) is 0.655. The van der Waals surface area contributed by atoms with Crippen LogP contribution in [0.4, 0.5) is 0 Å². The molecule has 0 aliphatic heterocycles. The molecule has 2 N–H and O–H groups in total. The molecule has 0 atom stereocenters. The molecule has 0 saturated heterocycles. The van der Waals surface area contributed by atoms with Crippen LogP contribution in [0, 0.1) is 6.92 Å². The minimum Gasteiger partial charge on any atom is -0.436 e. The van der Waals surface area contributed by atoms with Crippen LogP contribution in [0.15, 0.2) is 46.9 Å². The highest BCUT2D eigenvalue weighted by atomic mass is 16.3. The third-order valence-corrected chi connectivity index (χ3v) is 3.05. The zero-order valence-corrected chi connectivity index (χ0v) is 10.2. The maximum absolute atomic E-state index is 5.82. The number of oxazole rings is 1. The van der Waals surface area contributed by atoms with Crippen LogP contribution in [-0.4, -0.2) is 4.98 Å². The Morgan fingerprint density at radius 2 is 1.89 bits per heavy atom. The van der Waals surface area contributed by atoms with E-state index in [1.54, 1.807) is 0 Å². The molecule has 3 nitrogen and oxygen atoms in total. The molecule has 0 spiro atoms. The van der Waals surface area contributed by atoms with Crippen molar-refractivity contribution < 1.29 is 4.42 Å². The average molecular weight is 238 g/mol. The van der Waals surface area contributed by atoms with Crippen molar-refractivity contribution in [3.8, 4) is 11.5 Å². The normalized spacial score (nSPS) is 11.0. The molecule has 18 heavy (non-hydrogen) atoms. The Morgan fingerprint density at radius 1 is 1.11 bits per heavy atom. The second-order valence-corrected chi connectivity index (χ2v) is 4.34. The second kappa shape index (κ2) is 4.27. The highest BCUT2D eigenvalue weighted by Gasteiger charge is 2.09. The SMILES string of the molecule is Cc1cccc2nc(-c3ccc(CN)cc3)oc12. The number of nitrogens with two attached hydrogens (primary N) is 1. The monoisotopic (exact) mass is 238 g/mol. The zero-order valence-electron chi connectivity index (χ0n) is 10.2. The van der Waals surface area contributed by atoms with E-state index in [9.17, 15) is 0 Å². The van der Waals surface area contributed by atoms with Crippen molar-refractivity contribution in [2.24, 2.45) is 5.73 Å². The van der Waals surface area contributed by atoms with E-state index in [4.69, 9.17) is 10.2 Å². The summed E-state index contributed by atoms with van der Waals surface area (Å²) in [5.41, 5.74) is 10.5. The standard InChI is InChI=1S/C15H14N2O/c1-10-3-2-4-13-14(10)18-15(17-13)12-7-5-11(9-16)6-8-12/h2-8H,9,16H2,1H3. The molecular weight excluding hydrogens is 224 g/mol. The predicted molar refractivity (Wildman–Crippen MR) is 72.1 cm³/mol. The maximum atomic E-state index is 5.82. The fourth-order valence-electron chi connectivity index (χ4n) is 1.99. The molecule has 0 aliphatic rings. The van der Waals surface area contributed by atoms with Gasteiger partial charge in [0.15, 0.2) is 5.58 Å². The summed E-state index contributed by atoms with van der Waals surface area (Å²) in [6, 6.07) is 13.9. The minimum atomic E-state index is 0.549. The number of hydrogen-bond acceptors (Lipinski definition) is 3. The topological polar surface area (TPSA) is 52.0 Å². The van der Waals surface area contributed by atoms with E-state index in [2.05, 4.69) is 4.98 Å². The Labute approximate surface area is 105 Å². The van der Waals surface area contributed by atoms with Crippen LogP contribution in [-0.2, 0) is 6.54 Å². The summed E-state index contributed by atoms with van der Waals surface area (Å²) in [5, 5.41) is 0. The van der Waals surface area contributed by atoms with Crippen LogP contribution in [0.3, 0.4) is 0 Å². The third kappa shape index (κ3) is 1.79. The van der Waals surface area contributed by atoms with Gasteiger partial charge >= 0.3 is 0 Å². The summed E-state index contributed by atoms with van der Waals surface area (Å²) < 4.78 is 5.82. The van der Waals surface area contributed by atoms with Crippen molar-refractivity contribution in [2.75, 3.05) is 0 Å². The lowest BCUT2D eigenvalue weighted by atomic mass is 10.1. The highest BCUT2D eigenvalue weighted by Crippen LogP contribution is 2.26. The first-order valence-corrected chi connectivity index (χ1v) is 5.93. The molecule has 1 aromatic heterocycles. The number of aromatic nitrogens is 1. The van der Waals surface area contributed by atoms with Crippen molar-refractivity contribution in [3.63, 3.8) is 0 Å². The van der Waals surface area contributed by atoms with E-state index in [0.29, 0.717) is 12.4 Å². The third-order valence-electron chi connectivity index (χ3n) is 3.05. The number of para-hydroxylation sites is 1. The summed E-state index contributed by atoms with van der Waals surface area (Å²) in [7, 11) is 0. The van der Waals surface area contributed by atoms with Crippen LogP contribution in [0.1, 0.15) is 11.1 Å². The molecule has 90 valence electrons. The maximum Gasteiger partial charge on any atom is 0.227 e. The van der Waals surface area contributed by atoms with E-state index >= 15 is 0 Å². The molecule has 3 rings (SSSR count). The van der Waals surface area contributed by atoms with Gasteiger partial charge in [0.2, 0.25) is 5.89 Å². The number of rotatable bonds is 2. The Hall–Kier alpha value is -2.13. The van der Waals surface area contributed by atoms with Gasteiger partial charge in [-0.15, -0.1) is 0 Å². The Kier molecular flexibility index (Phi) is 2.61. The molecule has 0 bridgehead atoms. The number of aryl methyl sites for hydroxylation is 1. The van der Waals surface area contributed by atoms with Gasteiger partial charge in [0.25, 0.3) is 0 Å². The second-order valence-electron chi connectivity index (χ2n) is 4.34. The molecule has 0 fully saturated rings. The van der Waals surface area contributed by atoms with E-state index < -0.39 is 0 Å². The molecular formula is C15H14N2O. The van der Waals surface area contributed by atoms with Crippen molar-refractivity contribution >= 4 is 11.1 Å². The summed E-state index contributed by atoms with van der Waals surface area (Å²) >= 11 is 0. The first-order chi connectivity index (χ1) is 8.78. The van der Waals surface area contributed by atoms with Crippen molar-refractivity contribution in [1.29, 1.82) is 0 Å². The van der Waals surface area contributed by atoms with Gasteiger partial charge in [-0.25, -0.2) is 4.98 Å². The molecule has 0 amide bonds. The van der Waals surface area contributed by atoms with Gasteiger partial charge in [-0.2, -0.15) is 0 Å². The molecule has 0 radical (unpaired) electrons. The summed E-state index contributed by atoms with van der Waals surface area (Å²) in [6.45, 7) is 2.57. The van der Waals surface area contributed by atoms with Gasteiger partial charge in [-0.05, 0) is 36.2 Å².